The van der Waals surface area contributed by atoms with Crippen LogP contribution in [0.5, 0.6) is 0 Å². The van der Waals surface area contributed by atoms with Crippen molar-refractivity contribution in [1.82, 2.24) is 9.21 Å². The van der Waals surface area contributed by atoms with Crippen LogP contribution in [0.2, 0.25) is 0 Å². The number of esters is 1. The number of carbonyl (C=O) groups excluding carboxylic acids is 2. The lowest BCUT2D eigenvalue weighted by Crippen LogP contribution is -2.42. The van der Waals surface area contributed by atoms with Gasteiger partial charge < -0.3 is 9.64 Å². The zero-order valence-corrected chi connectivity index (χ0v) is 21.2. The molecule has 0 atom stereocenters. The predicted octanol–water partition coefficient (Wildman–Crippen LogP) is 3.26. The number of hydrogen-bond donors (Lipinski definition) is 0. The molecule has 1 fully saturated rings. The Bertz CT molecular complexity index is 940. The molecule has 0 radical (unpaired) electrons. The van der Waals surface area contributed by atoms with Gasteiger partial charge in [-0.3, -0.25) is 9.59 Å². The summed E-state index contributed by atoms with van der Waals surface area (Å²) in [5, 5.41) is 0. The molecule has 3 rings (SSSR count). The molecule has 1 aliphatic carbocycles. The fourth-order valence-corrected chi connectivity index (χ4v) is 6.21. The van der Waals surface area contributed by atoms with Crippen LogP contribution >= 0.6 is 0 Å². The molecule has 0 spiro atoms. The minimum absolute atomic E-state index is 0.178. The van der Waals surface area contributed by atoms with Crippen LogP contribution in [0.1, 0.15) is 58.1 Å². The second-order valence-electron chi connectivity index (χ2n) is 10.2. The fourth-order valence-electron chi connectivity index (χ4n) is 4.69. The number of hydrogen-bond acceptors (Lipinski definition) is 5. The van der Waals surface area contributed by atoms with E-state index in [4.69, 9.17) is 4.74 Å². The Hall–Kier alpha value is -1.93. The molecule has 1 saturated heterocycles. The number of fused-ring (bicyclic) bond motifs is 1. The van der Waals surface area contributed by atoms with E-state index in [-0.39, 0.29) is 31.5 Å². The Morgan fingerprint density at radius 1 is 1.03 bits per heavy atom. The third-order valence-corrected chi connectivity index (χ3v) is 8.25. The van der Waals surface area contributed by atoms with E-state index < -0.39 is 16.0 Å². The Labute approximate surface area is 198 Å². The highest BCUT2D eigenvalue weighted by Crippen LogP contribution is 2.29. The third kappa shape index (κ3) is 6.57. The third-order valence-electron chi connectivity index (χ3n) is 6.36. The topological polar surface area (TPSA) is 84.0 Å². The molecule has 0 N–H and O–H groups in total. The van der Waals surface area contributed by atoms with Gasteiger partial charge in [0.25, 0.3) is 5.91 Å². The van der Waals surface area contributed by atoms with Crippen molar-refractivity contribution in [2.24, 2.45) is 17.8 Å². The van der Waals surface area contributed by atoms with Crippen molar-refractivity contribution in [3.63, 3.8) is 0 Å². The first-order chi connectivity index (χ1) is 15.6. The van der Waals surface area contributed by atoms with Gasteiger partial charge in [0.15, 0.2) is 6.61 Å². The molecule has 33 heavy (non-hydrogen) atoms. The van der Waals surface area contributed by atoms with Crippen molar-refractivity contribution in [3.8, 4) is 0 Å². The summed E-state index contributed by atoms with van der Waals surface area (Å²) in [6.07, 6.45) is 3.81. The summed E-state index contributed by atoms with van der Waals surface area (Å²) in [7, 11) is -3.57. The molecule has 2 aliphatic rings. The van der Waals surface area contributed by atoms with E-state index in [2.05, 4.69) is 27.7 Å². The van der Waals surface area contributed by atoms with Gasteiger partial charge in [-0.2, -0.15) is 4.31 Å². The molecule has 1 amide bonds. The highest BCUT2D eigenvalue weighted by molar-refractivity contribution is 7.89. The van der Waals surface area contributed by atoms with E-state index in [0.717, 1.165) is 24.8 Å². The number of aryl methyl sites for hydroxylation is 2. The SMILES string of the molecule is CC(C)CN(CC(C)C)C(=O)COC(=O)C1CCN(S(=O)(=O)c2ccc3c(c2)CCC3)CC1. The summed E-state index contributed by atoms with van der Waals surface area (Å²) >= 11 is 0. The number of piperidine rings is 1. The minimum Gasteiger partial charge on any atom is -0.455 e. The lowest BCUT2D eigenvalue weighted by molar-refractivity contribution is -0.156. The van der Waals surface area contributed by atoms with Crippen molar-refractivity contribution in [1.29, 1.82) is 0 Å². The molecule has 0 unspecified atom stereocenters. The highest BCUT2D eigenvalue weighted by Gasteiger charge is 2.33. The molecule has 1 heterocycles. The zero-order chi connectivity index (χ0) is 24.2. The van der Waals surface area contributed by atoms with E-state index in [1.807, 2.05) is 12.1 Å². The number of benzene rings is 1. The van der Waals surface area contributed by atoms with E-state index in [0.29, 0.717) is 42.7 Å². The Kier molecular flexibility index (Phi) is 8.56. The van der Waals surface area contributed by atoms with Crippen LogP contribution in [0, 0.1) is 17.8 Å². The number of ether oxygens (including phenoxy) is 1. The van der Waals surface area contributed by atoms with Gasteiger partial charge in [-0.15, -0.1) is 0 Å². The maximum atomic E-state index is 13.1. The van der Waals surface area contributed by atoms with Crippen LogP contribution in [0.25, 0.3) is 0 Å². The highest BCUT2D eigenvalue weighted by atomic mass is 32.2. The summed E-state index contributed by atoms with van der Waals surface area (Å²) in [4.78, 5) is 27.2. The van der Waals surface area contributed by atoms with Gasteiger partial charge in [-0.1, -0.05) is 33.8 Å². The van der Waals surface area contributed by atoms with Crippen LogP contribution in [0.3, 0.4) is 0 Å². The molecule has 0 saturated carbocycles. The second kappa shape index (κ2) is 11.0. The quantitative estimate of drug-likeness (QED) is 0.509. The van der Waals surface area contributed by atoms with Gasteiger partial charge in [0.2, 0.25) is 10.0 Å². The first-order valence-corrected chi connectivity index (χ1v) is 13.6. The van der Waals surface area contributed by atoms with Gasteiger partial charge in [0.05, 0.1) is 10.8 Å². The molecule has 8 heteroatoms. The number of rotatable bonds is 9. The molecule has 184 valence electrons. The Morgan fingerprint density at radius 3 is 2.24 bits per heavy atom. The molecule has 0 bridgehead atoms. The van der Waals surface area contributed by atoms with Gasteiger partial charge in [-0.25, -0.2) is 8.42 Å². The maximum absolute atomic E-state index is 13.1. The first kappa shape index (κ1) is 25.7. The predicted molar refractivity (Wildman–Crippen MR) is 127 cm³/mol. The molecule has 1 aliphatic heterocycles. The molecule has 7 nitrogen and oxygen atoms in total. The fraction of sp³-hybridized carbons (Fsp3) is 0.680. The lowest BCUT2D eigenvalue weighted by Gasteiger charge is -2.30. The Balaban J connectivity index is 1.51. The van der Waals surface area contributed by atoms with Crippen LogP contribution in [0.4, 0.5) is 0 Å². The van der Waals surface area contributed by atoms with E-state index in [1.54, 1.807) is 11.0 Å². The minimum atomic E-state index is -3.57. The molecule has 0 aromatic heterocycles. The van der Waals surface area contributed by atoms with Crippen molar-refractivity contribution < 1.29 is 22.7 Å². The number of sulfonamides is 1. The summed E-state index contributed by atoms with van der Waals surface area (Å²) < 4.78 is 33.0. The number of carbonyl (C=O) groups is 2. The average Bonchev–Trinajstić information content (AvgIpc) is 3.24. The summed E-state index contributed by atoms with van der Waals surface area (Å²) in [6.45, 7) is 9.77. The molecular formula is C25H38N2O5S. The summed E-state index contributed by atoms with van der Waals surface area (Å²) in [5.41, 5.74) is 2.37. The number of amides is 1. The van der Waals surface area contributed by atoms with Gasteiger partial charge in [0, 0.05) is 26.2 Å². The van der Waals surface area contributed by atoms with Crippen LogP contribution < -0.4 is 0 Å². The molecule has 1 aromatic rings. The van der Waals surface area contributed by atoms with Crippen molar-refractivity contribution in [2.75, 3.05) is 32.8 Å². The smallest absolute Gasteiger partial charge is 0.309 e. The normalized spacial score (nSPS) is 17.4. The van der Waals surface area contributed by atoms with Crippen LogP contribution in [-0.4, -0.2) is 62.3 Å². The maximum Gasteiger partial charge on any atom is 0.309 e. The lowest BCUT2D eigenvalue weighted by atomic mass is 9.98. The first-order valence-electron chi connectivity index (χ1n) is 12.1. The molecule has 1 aromatic carbocycles. The van der Waals surface area contributed by atoms with Crippen LogP contribution in [0.15, 0.2) is 23.1 Å². The monoisotopic (exact) mass is 478 g/mol. The zero-order valence-electron chi connectivity index (χ0n) is 20.4. The number of nitrogens with zero attached hydrogens (tertiary/aromatic N) is 2. The summed E-state index contributed by atoms with van der Waals surface area (Å²) in [6, 6.07) is 5.44. The summed E-state index contributed by atoms with van der Waals surface area (Å²) in [5.74, 6) is -0.303. The standard InChI is InChI=1S/C25H38N2O5S/c1-18(2)15-26(16-19(3)4)24(28)17-32-25(29)21-10-12-27(13-11-21)33(30,31)23-9-8-20-6-5-7-22(20)14-23/h8-9,14,18-19,21H,5-7,10-13,15-17H2,1-4H3. The average molecular weight is 479 g/mol. The van der Waals surface area contributed by atoms with Gasteiger partial charge >= 0.3 is 5.97 Å². The van der Waals surface area contributed by atoms with Crippen molar-refractivity contribution >= 4 is 21.9 Å². The second-order valence-corrected chi connectivity index (χ2v) is 12.1. The van der Waals surface area contributed by atoms with E-state index >= 15 is 0 Å². The largest absolute Gasteiger partial charge is 0.455 e. The van der Waals surface area contributed by atoms with Gasteiger partial charge in [-0.05, 0) is 67.2 Å². The van der Waals surface area contributed by atoms with Crippen LogP contribution in [-0.2, 0) is 37.2 Å². The van der Waals surface area contributed by atoms with E-state index in [1.165, 1.54) is 9.87 Å². The molecular weight excluding hydrogens is 440 g/mol. The van der Waals surface area contributed by atoms with Crippen molar-refractivity contribution in [3.05, 3.63) is 29.3 Å². The van der Waals surface area contributed by atoms with Gasteiger partial charge in [0.1, 0.15) is 0 Å². The van der Waals surface area contributed by atoms with E-state index in [9.17, 15) is 18.0 Å². The Morgan fingerprint density at radius 2 is 1.64 bits per heavy atom. The van der Waals surface area contributed by atoms with Crippen molar-refractivity contribution in [2.45, 2.75) is 64.7 Å².